The van der Waals surface area contributed by atoms with Crippen LogP contribution in [0.15, 0.2) is 18.2 Å². The second kappa shape index (κ2) is 4.25. The molecule has 88 valence electrons. The Labute approximate surface area is 96.6 Å². The monoisotopic (exact) mass is 234 g/mol. The number of nitrogens with one attached hydrogen (secondary N) is 2. The molecule has 0 bridgehead atoms. The number of amides is 2. The summed E-state index contributed by atoms with van der Waals surface area (Å²) in [5.74, 6) is -2.65. The molecule has 1 aromatic carbocycles. The normalized spacial score (nSPS) is 13.5. The highest BCUT2D eigenvalue weighted by molar-refractivity contribution is 6.36. The van der Waals surface area contributed by atoms with Crippen molar-refractivity contribution in [2.45, 2.75) is 12.8 Å². The predicted octanol–water partition coefficient (Wildman–Crippen LogP) is 0.594. The molecule has 17 heavy (non-hydrogen) atoms. The van der Waals surface area contributed by atoms with Crippen LogP contribution in [0.5, 0.6) is 0 Å². The zero-order valence-corrected chi connectivity index (χ0v) is 8.82. The Morgan fingerprint density at radius 3 is 2.76 bits per heavy atom. The summed E-state index contributed by atoms with van der Waals surface area (Å²) in [7, 11) is 0. The lowest BCUT2D eigenvalue weighted by molar-refractivity contribution is -0.147. The van der Waals surface area contributed by atoms with Crippen LogP contribution >= 0.6 is 0 Å². The average Bonchev–Trinajstić information content (AvgIpc) is 2.29. The number of hydrogen-bond donors (Lipinski definition) is 3. The van der Waals surface area contributed by atoms with Crippen molar-refractivity contribution in [1.82, 2.24) is 0 Å². The number of anilines is 2. The number of carboxylic acids is 1. The topological polar surface area (TPSA) is 95.5 Å². The molecule has 0 unspecified atom stereocenters. The number of hydrogen-bond acceptors (Lipinski definition) is 3. The quantitative estimate of drug-likeness (QED) is 0.620. The molecule has 0 spiro atoms. The lowest BCUT2D eigenvalue weighted by Gasteiger charge is -2.17. The first kappa shape index (κ1) is 11.1. The van der Waals surface area contributed by atoms with E-state index in [1.807, 2.05) is 0 Å². The van der Waals surface area contributed by atoms with Gasteiger partial charge >= 0.3 is 11.9 Å². The molecule has 3 N–H and O–H groups in total. The van der Waals surface area contributed by atoms with Crippen LogP contribution in [0.4, 0.5) is 11.4 Å². The van der Waals surface area contributed by atoms with Gasteiger partial charge in [0.15, 0.2) is 0 Å². The molecule has 6 heteroatoms. The molecule has 2 rings (SSSR count). The highest BCUT2D eigenvalue weighted by Crippen LogP contribution is 2.25. The summed E-state index contributed by atoms with van der Waals surface area (Å²) in [6, 6.07) is 4.85. The molecule has 0 saturated carbocycles. The third-order valence-corrected chi connectivity index (χ3v) is 2.45. The van der Waals surface area contributed by atoms with Gasteiger partial charge in [-0.25, -0.2) is 4.79 Å². The standard InChI is InChI=1S/C11H10N2O4/c14-9-4-1-6-5-7(2-3-8(6)13-9)12-10(15)11(16)17/h2-3,5H,1,4H2,(H,12,15)(H,13,14)(H,16,17). The van der Waals surface area contributed by atoms with E-state index in [1.165, 1.54) is 0 Å². The van der Waals surface area contributed by atoms with Gasteiger partial charge in [0.2, 0.25) is 5.91 Å². The second-order valence-electron chi connectivity index (χ2n) is 3.68. The first-order chi connectivity index (χ1) is 8.06. The zero-order chi connectivity index (χ0) is 12.4. The predicted molar refractivity (Wildman–Crippen MR) is 59.7 cm³/mol. The summed E-state index contributed by atoms with van der Waals surface area (Å²) in [6.07, 6.45) is 0.973. The molecule has 2 amide bonds. The Morgan fingerprint density at radius 1 is 1.29 bits per heavy atom. The Bertz CT molecular complexity index is 510. The van der Waals surface area contributed by atoms with Crippen LogP contribution in [-0.4, -0.2) is 22.9 Å². The molecule has 0 radical (unpaired) electrons. The van der Waals surface area contributed by atoms with E-state index in [4.69, 9.17) is 5.11 Å². The highest BCUT2D eigenvalue weighted by atomic mass is 16.4. The highest BCUT2D eigenvalue weighted by Gasteiger charge is 2.16. The molecular weight excluding hydrogens is 224 g/mol. The van der Waals surface area contributed by atoms with E-state index < -0.39 is 11.9 Å². The van der Waals surface area contributed by atoms with Crippen molar-refractivity contribution in [3.05, 3.63) is 23.8 Å². The summed E-state index contributed by atoms with van der Waals surface area (Å²) in [5, 5.41) is 13.4. The Hall–Kier alpha value is -2.37. The van der Waals surface area contributed by atoms with Crippen molar-refractivity contribution in [3.8, 4) is 0 Å². The minimum absolute atomic E-state index is 0.0418. The van der Waals surface area contributed by atoms with Gasteiger partial charge in [-0.05, 0) is 30.2 Å². The maximum Gasteiger partial charge on any atom is 0.394 e. The first-order valence-corrected chi connectivity index (χ1v) is 5.03. The van der Waals surface area contributed by atoms with Gasteiger partial charge in [0, 0.05) is 17.8 Å². The van der Waals surface area contributed by atoms with Gasteiger partial charge in [0.05, 0.1) is 0 Å². The van der Waals surface area contributed by atoms with Crippen molar-refractivity contribution in [1.29, 1.82) is 0 Å². The number of carboxylic acid groups (broad SMARTS) is 1. The minimum atomic E-state index is -1.53. The van der Waals surface area contributed by atoms with Crippen LogP contribution in [0.25, 0.3) is 0 Å². The van der Waals surface area contributed by atoms with Crippen molar-refractivity contribution < 1.29 is 19.5 Å². The van der Waals surface area contributed by atoms with Crippen LogP contribution < -0.4 is 10.6 Å². The van der Waals surface area contributed by atoms with Crippen LogP contribution in [0.2, 0.25) is 0 Å². The third kappa shape index (κ3) is 2.41. The fourth-order valence-corrected chi connectivity index (χ4v) is 1.65. The molecule has 0 fully saturated rings. The van der Waals surface area contributed by atoms with Crippen LogP contribution in [0, 0.1) is 0 Å². The summed E-state index contributed by atoms with van der Waals surface area (Å²) in [4.78, 5) is 32.4. The summed E-state index contributed by atoms with van der Waals surface area (Å²) >= 11 is 0. The lowest BCUT2D eigenvalue weighted by atomic mass is 10.0. The van der Waals surface area contributed by atoms with Gasteiger partial charge in [0.1, 0.15) is 0 Å². The van der Waals surface area contributed by atoms with Crippen molar-refractivity contribution in [2.75, 3.05) is 10.6 Å². The number of aryl methyl sites for hydroxylation is 1. The van der Waals surface area contributed by atoms with Gasteiger partial charge in [-0.2, -0.15) is 0 Å². The average molecular weight is 234 g/mol. The molecule has 0 aliphatic carbocycles. The fourth-order valence-electron chi connectivity index (χ4n) is 1.65. The zero-order valence-electron chi connectivity index (χ0n) is 8.82. The van der Waals surface area contributed by atoms with Crippen molar-refractivity contribution >= 4 is 29.2 Å². The lowest BCUT2D eigenvalue weighted by Crippen LogP contribution is -2.23. The van der Waals surface area contributed by atoms with Crippen molar-refractivity contribution in [2.24, 2.45) is 0 Å². The Kier molecular flexibility index (Phi) is 2.78. The molecule has 0 saturated heterocycles. The largest absolute Gasteiger partial charge is 0.474 e. The molecule has 1 aliphatic heterocycles. The summed E-state index contributed by atoms with van der Waals surface area (Å²) in [6.45, 7) is 0. The second-order valence-corrected chi connectivity index (χ2v) is 3.68. The fraction of sp³-hybridized carbons (Fsp3) is 0.182. The summed E-state index contributed by atoms with van der Waals surface area (Å²) in [5.41, 5.74) is 2.00. The van der Waals surface area contributed by atoms with Gasteiger partial charge in [-0.15, -0.1) is 0 Å². The van der Waals surface area contributed by atoms with E-state index >= 15 is 0 Å². The van der Waals surface area contributed by atoms with Crippen LogP contribution in [0.3, 0.4) is 0 Å². The molecule has 1 aromatic rings. The number of fused-ring (bicyclic) bond motifs is 1. The number of benzene rings is 1. The number of aliphatic carboxylic acids is 1. The smallest absolute Gasteiger partial charge is 0.394 e. The first-order valence-electron chi connectivity index (χ1n) is 5.03. The SMILES string of the molecule is O=C1CCc2cc(NC(=O)C(=O)O)ccc2N1. The van der Waals surface area contributed by atoms with Crippen LogP contribution in [-0.2, 0) is 20.8 Å². The maximum absolute atomic E-state index is 11.1. The van der Waals surface area contributed by atoms with E-state index in [0.717, 1.165) is 5.56 Å². The molecule has 1 aliphatic rings. The number of rotatable bonds is 1. The Morgan fingerprint density at radius 2 is 2.06 bits per heavy atom. The molecule has 6 nitrogen and oxygen atoms in total. The Balaban J connectivity index is 2.19. The number of carbonyl (C=O) groups excluding carboxylic acids is 2. The van der Waals surface area contributed by atoms with E-state index in [1.54, 1.807) is 18.2 Å². The van der Waals surface area contributed by atoms with E-state index in [0.29, 0.717) is 24.2 Å². The molecular formula is C11H10N2O4. The van der Waals surface area contributed by atoms with Gasteiger partial charge in [0.25, 0.3) is 0 Å². The van der Waals surface area contributed by atoms with Crippen LogP contribution in [0.1, 0.15) is 12.0 Å². The number of carbonyl (C=O) groups is 3. The maximum atomic E-state index is 11.1. The van der Waals surface area contributed by atoms with Gasteiger partial charge in [-0.1, -0.05) is 0 Å². The van der Waals surface area contributed by atoms with Crippen molar-refractivity contribution in [3.63, 3.8) is 0 Å². The van der Waals surface area contributed by atoms with Gasteiger partial charge in [-0.3, -0.25) is 9.59 Å². The van der Waals surface area contributed by atoms with Gasteiger partial charge < -0.3 is 15.7 Å². The molecule has 1 heterocycles. The molecule has 0 atom stereocenters. The van der Waals surface area contributed by atoms with E-state index in [-0.39, 0.29) is 5.91 Å². The summed E-state index contributed by atoms with van der Waals surface area (Å²) < 4.78 is 0. The minimum Gasteiger partial charge on any atom is -0.474 e. The van der Waals surface area contributed by atoms with E-state index in [9.17, 15) is 14.4 Å². The van der Waals surface area contributed by atoms with E-state index in [2.05, 4.69) is 10.6 Å². The molecule has 0 aromatic heterocycles. The third-order valence-electron chi connectivity index (χ3n) is 2.45.